The second kappa shape index (κ2) is 10.9. The highest BCUT2D eigenvalue weighted by Crippen LogP contribution is 2.44. The molecule has 7 heteroatoms. The minimum atomic E-state index is -3.84. The van der Waals surface area contributed by atoms with Gasteiger partial charge in [-0.25, -0.2) is 13.6 Å². The van der Waals surface area contributed by atoms with Crippen LogP contribution < -0.4 is 9.88 Å². The molecule has 36 heavy (non-hydrogen) atoms. The van der Waals surface area contributed by atoms with Crippen LogP contribution in [0.5, 0.6) is 5.75 Å². The van der Waals surface area contributed by atoms with Gasteiger partial charge in [0, 0.05) is 36.2 Å². The maximum atomic E-state index is 12.5. The standard InChI is InChI=1S/C29H46N2O4S/c1-20-26(36(30,32)33)18-25(31(20)19-21-12-10-9-11-13-21)22-16-23(28(2,3)4)27(35-15-14-34-8)24(17-22)29(5,6)7/h16-18,21H,9-15,19H2,1-8H3,(H2,30,32,33). The maximum absolute atomic E-state index is 12.5. The molecule has 0 aliphatic heterocycles. The van der Waals surface area contributed by atoms with Gasteiger partial charge in [-0.15, -0.1) is 0 Å². The van der Waals surface area contributed by atoms with Crippen LogP contribution in [0.25, 0.3) is 11.3 Å². The third-order valence-corrected chi connectivity index (χ3v) is 8.35. The van der Waals surface area contributed by atoms with Gasteiger partial charge in [-0.05, 0) is 60.3 Å². The van der Waals surface area contributed by atoms with Crippen molar-refractivity contribution in [3.63, 3.8) is 0 Å². The molecule has 2 aromatic rings. The Morgan fingerprint density at radius 1 is 0.944 bits per heavy atom. The Bertz CT molecular complexity index is 1130. The molecular weight excluding hydrogens is 472 g/mol. The smallest absolute Gasteiger partial charge is 0.239 e. The van der Waals surface area contributed by atoms with Gasteiger partial charge in [0.1, 0.15) is 17.3 Å². The predicted octanol–water partition coefficient (Wildman–Crippen LogP) is 6.31. The van der Waals surface area contributed by atoms with E-state index in [9.17, 15) is 8.42 Å². The second-order valence-electron chi connectivity index (χ2n) is 12.4. The summed E-state index contributed by atoms with van der Waals surface area (Å²) >= 11 is 0. The largest absolute Gasteiger partial charge is 0.491 e. The lowest BCUT2D eigenvalue weighted by molar-refractivity contribution is 0.144. The van der Waals surface area contributed by atoms with E-state index in [0.717, 1.165) is 34.7 Å². The summed E-state index contributed by atoms with van der Waals surface area (Å²) in [6.07, 6.45) is 6.10. The molecule has 2 N–H and O–H groups in total. The summed E-state index contributed by atoms with van der Waals surface area (Å²) in [5.74, 6) is 1.43. The molecule has 1 aromatic heterocycles. The van der Waals surface area contributed by atoms with Gasteiger partial charge in [0.2, 0.25) is 10.0 Å². The minimum absolute atomic E-state index is 0.184. The Balaban J connectivity index is 2.27. The van der Waals surface area contributed by atoms with Crippen molar-refractivity contribution < 1.29 is 17.9 Å². The Morgan fingerprint density at radius 3 is 1.97 bits per heavy atom. The summed E-state index contributed by atoms with van der Waals surface area (Å²) in [4.78, 5) is 0.211. The number of hydrogen-bond donors (Lipinski definition) is 1. The van der Waals surface area contributed by atoms with Gasteiger partial charge in [-0.1, -0.05) is 60.8 Å². The van der Waals surface area contributed by atoms with Crippen LogP contribution in [0.2, 0.25) is 0 Å². The number of nitrogens with two attached hydrogens (primary N) is 1. The third-order valence-electron chi connectivity index (χ3n) is 7.33. The monoisotopic (exact) mass is 518 g/mol. The average Bonchev–Trinajstić information content (AvgIpc) is 3.09. The zero-order chi connectivity index (χ0) is 26.9. The molecule has 0 spiro atoms. The van der Waals surface area contributed by atoms with Crippen molar-refractivity contribution in [2.75, 3.05) is 20.3 Å². The van der Waals surface area contributed by atoms with Crippen molar-refractivity contribution in [2.24, 2.45) is 11.1 Å². The molecule has 1 aliphatic rings. The molecule has 6 nitrogen and oxygen atoms in total. The molecular formula is C29H46N2O4S. The van der Waals surface area contributed by atoms with Crippen molar-refractivity contribution >= 4 is 10.0 Å². The SMILES string of the molecule is COCCOc1c(C(C)(C)C)cc(-c2cc(S(N)(=O)=O)c(C)n2CC2CCCCC2)cc1C(C)(C)C. The second-order valence-corrected chi connectivity index (χ2v) is 13.9. The summed E-state index contributed by atoms with van der Waals surface area (Å²) in [6, 6.07) is 6.13. The van der Waals surface area contributed by atoms with Crippen LogP contribution in [0.3, 0.4) is 0 Å². The Kier molecular flexibility index (Phi) is 8.69. The van der Waals surface area contributed by atoms with Gasteiger partial charge in [0.15, 0.2) is 0 Å². The van der Waals surface area contributed by atoms with Crippen LogP contribution in [-0.2, 0) is 32.1 Å². The van der Waals surface area contributed by atoms with E-state index in [-0.39, 0.29) is 15.7 Å². The fourth-order valence-corrected chi connectivity index (χ4v) is 6.08. The minimum Gasteiger partial charge on any atom is -0.491 e. The normalized spacial score (nSPS) is 15.9. The Hall–Kier alpha value is -1.83. The first-order chi connectivity index (χ1) is 16.6. The van der Waals surface area contributed by atoms with Gasteiger partial charge in [0.25, 0.3) is 0 Å². The third kappa shape index (κ3) is 6.53. The van der Waals surface area contributed by atoms with Gasteiger partial charge in [-0.2, -0.15) is 0 Å². The highest BCUT2D eigenvalue weighted by molar-refractivity contribution is 7.89. The molecule has 3 rings (SSSR count). The molecule has 1 aliphatic carbocycles. The van der Waals surface area contributed by atoms with Gasteiger partial charge >= 0.3 is 0 Å². The van der Waals surface area contributed by atoms with E-state index < -0.39 is 10.0 Å². The van der Waals surface area contributed by atoms with Gasteiger partial charge in [0.05, 0.1) is 6.61 Å². The molecule has 1 heterocycles. The number of ether oxygens (including phenoxy) is 2. The van der Waals surface area contributed by atoms with Crippen LogP contribution in [-0.4, -0.2) is 33.3 Å². The van der Waals surface area contributed by atoms with E-state index in [1.165, 1.54) is 32.1 Å². The molecule has 1 fully saturated rings. The molecule has 0 amide bonds. The summed E-state index contributed by atoms with van der Waals surface area (Å²) in [5, 5.41) is 5.67. The zero-order valence-corrected chi connectivity index (χ0v) is 24.3. The highest BCUT2D eigenvalue weighted by atomic mass is 32.2. The van der Waals surface area contributed by atoms with E-state index in [0.29, 0.717) is 24.8 Å². The maximum Gasteiger partial charge on any atom is 0.239 e. The Labute approximate surface area is 218 Å². The van der Waals surface area contributed by atoms with Crippen molar-refractivity contribution in [1.82, 2.24) is 4.57 Å². The number of hydrogen-bond acceptors (Lipinski definition) is 4. The van der Waals surface area contributed by atoms with Crippen LogP contribution in [0.4, 0.5) is 0 Å². The van der Waals surface area contributed by atoms with Gasteiger partial charge < -0.3 is 14.0 Å². The van der Waals surface area contributed by atoms with Crippen molar-refractivity contribution in [3.8, 4) is 17.0 Å². The summed E-state index contributed by atoms with van der Waals surface area (Å²) < 4.78 is 38.8. The molecule has 0 unspecified atom stereocenters. The van der Waals surface area contributed by atoms with E-state index in [1.54, 1.807) is 13.2 Å². The summed E-state index contributed by atoms with van der Waals surface area (Å²) in [7, 11) is -2.17. The van der Waals surface area contributed by atoms with Crippen LogP contribution in [0, 0.1) is 12.8 Å². The highest BCUT2D eigenvalue weighted by Gasteiger charge is 2.30. The summed E-state index contributed by atoms with van der Waals surface area (Å²) in [6.45, 7) is 16.8. The lowest BCUT2D eigenvalue weighted by Crippen LogP contribution is -2.21. The molecule has 0 atom stereocenters. The number of primary sulfonamides is 1. The number of rotatable bonds is 8. The first-order valence-corrected chi connectivity index (χ1v) is 14.7. The molecule has 0 bridgehead atoms. The number of benzene rings is 1. The first kappa shape index (κ1) is 28.7. The van der Waals surface area contributed by atoms with Crippen molar-refractivity contribution in [2.45, 2.75) is 103 Å². The van der Waals surface area contributed by atoms with E-state index in [1.807, 2.05) is 6.92 Å². The van der Waals surface area contributed by atoms with Crippen LogP contribution >= 0.6 is 0 Å². The average molecular weight is 519 g/mol. The number of methoxy groups -OCH3 is 1. The van der Waals surface area contributed by atoms with Crippen molar-refractivity contribution in [1.29, 1.82) is 0 Å². The zero-order valence-electron chi connectivity index (χ0n) is 23.5. The molecule has 1 aromatic carbocycles. The lowest BCUT2D eigenvalue weighted by Gasteiger charge is -2.31. The number of sulfonamides is 1. The predicted molar refractivity (Wildman–Crippen MR) is 147 cm³/mol. The molecule has 0 radical (unpaired) electrons. The number of aromatic nitrogens is 1. The Morgan fingerprint density at radius 2 is 1.50 bits per heavy atom. The molecule has 1 saturated carbocycles. The van der Waals surface area contributed by atoms with Crippen LogP contribution in [0.15, 0.2) is 23.1 Å². The van der Waals surface area contributed by atoms with E-state index in [2.05, 4.69) is 58.2 Å². The van der Waals surface area contributed by atoms with Gasteiger partial charge in [-0.3, -0.25) is 0 Å². The quantitative estimate of drug-likeness (QED) is 0.415. The number of nitrogens with zero attached hydrogens (tertiary/aromatic N) is 1. The van der Waals surface area contributed by atoms with E-state index in [4.69, 9.17) is 14.6 Å². The summed E-state index contributed by atoms with van der Waals surface area (Å²) in [5.41, 5.74) is 4.45. The fourth-order valence-electron chi connectivity index (χ4n) is 5.28. The van der Waals surface area contributed by atoms with Crippen LogP contribution in [0.1, 0.15) is 90.5 Å². The fraction of sp³-hybridized carbons (Fsp3) is 0.655. The first-order valence-electron chi connectivity index (χ1n) is 13.2. The topological polar surface area (TPSA) is 83.6 Å². The molecule has 0 saturated heterocycles. The van der Waals surface area contributed by atoms with Crippen molar-refractivity contribution in [3.05, 3.63) is 35.0 Å². The lowest BCUT2D eigenvalue weighted by atomic mass is 9.78. The molecule has 202 valence electrons. The van der Waals surface area contributed by atoms with E-state index >= 15 is 0 Å².